The minimum absolute atomic E-state index is 0.358. The summed E-state index contributed by atoms with van der Waals surface area (Å²) in [5.41, 5.74) is 2.52. The summed E-state index contributed by atoms with van der Waals surface area (Å²) in [4.78, 5) is 11.7. The van der Waals surface area contributed by atoms with E-state index in [1.54, 1.807) is 0 Å². The highest BCUT2D eigenvalue weighted by molar-refractivity contribution is 6.30. The standard InChI is InChI=1S/C21H26ClN3O/c1-26-19-4-2-9-21(19)10-3-11-25(15-21)14-16-12-23-20(24-13-16)17-5-7-18(22)8-6-17/h5-8,12-13,19H,2-4,9-11,14-15H2,1H3/t19-,21-/m1/s1. The van der Waals surface area contributed by atoms with E-state index in [1.807, 2.05) is 43.8 Å². The molecule has 2 aliphatic rings. The van der Waals surface area contributed by atoms with Gasteiger partial charge in [0.05, 0.1) is 6.10 Å². The molecule has 26 heavy (non-hydrogen) atoms. The van der Waals surface area contributed by atoms with Gasteiger partial charge in [-0.05, 0) is 56.5 Å². The molecule has 0 unspecified atom stereocenters. The van der Waals surface area contributed by atoms with E-state index < -0.39 is 0 Å². The fourth-order valence-electron chi connectivity index (χ4n) is 4.78. The van der Waals surface area contributed by atoms with Crippen LogP contribution in [-0.4, -0.2) is 41.2 Å². The highest BCUT2D eigenvalue weighted by Gasteiger charge is 2.45. The minimum Gasteiger partial charge on any atom is -0.381 e. The summed E-state index contributed by atoms with van der Waals surface area (Å²) in [6.45, 7) is 3.20. The Labute approximate surface area is 160 Å². The Balaban J connectivity index is 1.43. The molecule has 4 rings (SSSR count). The third kappa shape index (κ3) is 3.64. The third-order valence-corrected chi connectivity index (χ3v) is 6.26. The first kappa shape index (κ1) is 17.9. The minimum atomic E-state index is 0.358. The SMILES string of the molecule is CO[C@@H]1CCC[C@]12CCCN(Cc1cnc(-c3ccc(Cl)cc3)nc1)C2. The number of hydrogen-bond acceptors (Lipinski definition) is 4. The molecule has 0 N–H and O–H groups in total. The van der Waals surface area contributed by atoms with Gasteiger partial charge in [0.1, 0.15) is 0 Å². The van der Waals surface area contributed by atoms with E-state index in [0.29, 0.717) is 11.5 Å². The lowest BCUT2D eigenvalue weighted by atomic mass is 9.76. The van der Waals surface area contributed by atoms with Crippen LogP contribution in [0.5, 0.6) is 0 Å². The van der Waals surface area contributed by atoms with Gasteiger partial charge in [-0.1, -0.05) is 18.0 Å². The summed E-state index contributed by atoms with van der Waals surface area (Å²) >= 11 is 5.95. The van der Waals surface area contributed by atoms with Gasteiger partial charge < -0.3 is 4.74 Å². The zero-order valence-corrected chi connectivity index (χ0v) is 16.1. The largest absolute Gasteiger partial charge is 0.381 e. The van der Waals surface area contributed by atoms with Crippen LogP contribution in [0.25, 0.3) is 11.4 Å². The molecule has 0 bridgehead atoms. The normalized spacial score (nSPS) is 26.5. The van der Waals surface area contributed by atoms with E-state index in [2.05, 4.69) is 14.9 Å². The molecule has 4 nitrogen and oxygen atoms in total. The average Bonchev–Trinajstić information content (AvgIpc) is 3.05. The van der Waals surface area contributed by atoms with Crippen LogP contribution in [0.1, 0.15) is 37.7 Å². The summed E-state index contributed by atoms with van der Waals surface area (Å²) in [5.74, 6) is 0.746. The van der Waals surface area contributed by atoms with Gasteiger partial charge in [-0.3, -0.25) is 4.90 Å². The van der Waals surface area contributed by atoms with E-state index >= 15 is 0 Å². The first-order chi connectivity index (χ1) is 12.7. The second-order valence-electron chi connectivity index (χ2n) is 7.71. The first-order valence-corrected chi connectivity index (χ1v) is 9.88. The predicted octanol–water partition coefficient (Wildman–Crippen LogP) is 4.58. The third-order valence-electron chi connectivity index (χ3n) is 6.01. The van der Waals surface area contributed by atoms with Gasteiger partial charge in [0, 0.05) is 54.2 Å². The summed E-state index contributed by atoms with van der Waals surface area (Å²) in [6, 6.07) is 7.65. The molecule has 1 aliphatic carbocycles. The van der Waals surface area contributed by atoms with Crippen LogP contribution < -0.4 is 0 Å². The fraction of sp³-hybridized carbons (Fsp3) is 0.524. The summed E-state index contributed by atoms with van der Waals surface area (Å²) in [6.07, 6.45) is 10.7. The second kappa shape index (κ2) is 7.63. The fourth-order valence-corrected chi connectivity index (χ4v) is 4.90. The first-order valence-electron chi connectivity index (χ1n) is 9.51. The molecule has 5 heteroatoms. The van der Waals surface area contributed by atoms with Crippen molar-refractivity contribution in [3.8, 4) is 11.4 Å². The summed E-state index contributed by atoms with van der Waals surface area (Å²) in [7, 11) is 1.88. The lowest BCUT2D eigenvalue weighted by Crippen LogP contribution is -2.47. The Bertz CT molecular complexity index is 734. The maximum atomic E-state index is 5.95. The molecule has 2 heterocycles. The van der Waals surface area contributed by atoms with Gasteiger partial charge in [-0.2, -0.15) is 0 Å². The molecular weight excluding hydrogens is 346 g/mol. The topological polar surface area (TPSA) is 38.2 Å². The number of ether oxygens (including phenoxy) is 1. The monoisotopic (exact) mass is 371 g/mol. The quantitative estimate of drug-likeness (QED) is 0.788. The molecule has 1 spiro atoms. The van der Waals surface area contributed by atoms with Gasteiger partial charge in [-0.25, -0.2) is 9.97 Å². The van der Waals surface area contributed by atoms with Crippen molar-refractivity contribution in [2.45, 2.75) is 44.8 Å². The molecule has 138 valence electrons. The molecular formula is C21H26ClN3O. The maximum Gasteiger partial charge on any atom is 0.159 e. The van der Waals surface area contributed by atoms with Crippen molar-refractivity contribution in [3.05, 3.63) is 47.2 Å². The Morgan fingerprint density at radius 3 is 2.62 bits per heavy atom. The highest BCUT2D eigenvalue weighted by Crippen LogP contribution is 2.46. The van der Waals surface area contributed by atoms with Crippen LogP contribution >= 0.6 is 11.6 Å². The summed E-state index contributed by atoms with van der Waals surface area (Å²) in [5, 5.41) is 0.727. The van der Waals surface area contributed by atoms with E-state index in [-0.39, 0.29) is 0 Å². The lowest BCUT2D eigenvalue weighted by molar-refractivity contribution is -0.0366. The van der Waals surface area contributed by atoms with E-state index in [1.165, 1.54) is 37.7 Å². The van der Waals surface area contributed by atoms with Crippen molar-refractivity contribution in [2.24, 2.45) is 5.41 Å². The zero-order valence-electron chi connectivity index (χ0n) is 15.3. The van der Waals surface area contributed by atoms with Crippen molar-refractivity contribution in [3.63, 3.8) is 0 Å². The van der Waals surface area contributed by atoms with Gasteiger partial charge in [0.2, 0.25) is 0 Å². The molecule has 1 aliphatic heterocycles. The Morgan fingerprint density at radius 1 is 1.15 bits per heavy atom. The second-order valence-corrected chi connectivity index (χ2v) is 8.15. The Hall–Kier alpha value is -1.49. The number of halogens is 1. The van der Waals surface area contributed by atoms with Crippen LogP contribution in [0.3, 0.4) is 0 Å². The number of likely N-dealkylation sites (tertiary alicyclic amines) is 1. The number of aromatic nitrogens is 2. The van der Waals surface area contributed by atoms with Crippen molar-refractivity contribution in [2.75, 3.05) is 20.2 Å². The van der Waals surface area contributed by atoms with Crippen molar-refractivity contribution in [1.82, 2.24) is 14.9 Å². The Morgan fingerprint density at radius 2 is 1.88 bits per heavy atom. The number of methoxy groups -OCH3 is 1. The van der Waals surface area contributed by atoms with Crippen molar-refractivity contribution in [1.29, 1.82) is 0 Å². The van der Waals surface area contributed by atoms with Crippen LogP contribution in [0.4, 0.5) is 0 Å². The molecule has 0 radical (unpaired) electrons. The number of piperidine rings is 1. The van der Waals surface area contributed by atoms with Crippen LogP contribution in [0.15, 0.2) is 36.7 Å². The van der Waals surface area contributed by atoms with E-state index in [0.717, 1.165) is 36.0 Å². The van der Waals surface area contributed by atoms with Crippen molar-refractivity contribution >= 4 is 11.6 Å². The molecule has 2 aromatic rings. The lowest BCUT2D eigenvalue weighted by Gasteiger charge is -2.43. The molecule has 2 fully saturated rings. The molecule has 1 aromatic carbocycles. The van der Waals surface area contributed by atoms with Crippen molar-refractivity contribution < 1.29 is 4.74 Å². The number of rotatable bonds is 4. The number of nitrogens with zero attached hydrogens (tertiary/aromatic N) is 3. The van der Waals surface area contributed by atoms with E-state index in [4.69, 9.17) is 16.3 Å². The maximum absolute atomic E-state index is 5.95. The van der Waals surface area contributed by atoms with Gasteiger partial charge in [0.25, 0.3) is 0 Å². The molecule has 1 saturated carbocycles. The predicted molar refractivity (Wildman–Crippen MR) is 104 cm³/mol. The highest BCUT2D eigenvalue weighted by atomic mass is 35.5. The van der Waals surface area contributed by atoms with Gasteiger partial charge in [-0.15, -0.1) is 0 Å². The van der Waals surface area contributed by atoms with Crippen LogP contribution in [0, 0.1) is 5.41 Å². The Kier molecular flexibility index (Phi) is 5.25. The molecule has 0 amide bonds. The number of benzene rings is 1. The number of hydrogen-bond donors (Lipinski definition) is 0. The average molecular weight is 372 g/mol. The molecule has 1 aromatic heterocycles. The van der Waals surface area contributed by atoms with E-state index in [9.17, 15) is 0 Å². The van der Waals surface area contributed by atoms with Gasteiger partial charge in [0.15, 0.2) is 5.82 Å². The molecule has 2 atom stereocenters. The smallest absolute Gasteiger partial charge is 0.159 e. The zero-order chi connectivity index (χ0) is 18.0. The summed E-state index contributed by atoms with van der Waals surface area (Å²) < 4.78 is 5.82. The van der Waals surface area contributed by atoms with Crippen LogP contribution in [-0.2, 0) is 11.3 Å². The molecule has 1 saturated heterocycles. The van der Waals surface area contributed by atoms with Crippen LogP contribution in [0.2, 0.25) is 5.02 Å². The van der Waals surface area contributed by atoms with Gasteiger partial charge >= 0.3 is 0 Å².